The Balaban J connectivity index is 4.17. The maximum atomic E-state index is 15.0. The minimum Gasteiger partial charge on any atom is -0.439 e. The second-order valence-corrected chi connectivity index (χ2v) is 11.4. The first kappa shape index (κ1) is 37.4. The molecule has 1 amide bonds. The first-order chi connectivity index (χ1) is 18.8. The fourth-order valence-electron chi connectivity index (χ4n) is 4.88. The van der Waals surface area contributed by atoms with Crippen LogP contribution < -0.4 is 5.32 Å². The molecule has 3 atom stereocenters. The third-order valence-electron chi connectivity index (χ3n) is 7.40. The number of hydrogen-bond donors (Lipinski definition) is 1. The number of amides is 1. The van der Waals surface area contributed by atoms with Crippen LogP contribution in [-0.2, 0) is 14.3 Å². The van der Waals surface area contributed by atoms with E-state index in [2.05, 4.69) is 25.7 Å². The summed E-state index contributed by atoms with van der Waals surface area (Å²) in [6, 6.07) is 0. The number of alkyl halides is 1. The molecule has 0 fully saturated rings. The van der Waals surface area contributed by atoms with Crippen LogP contribution in [0.1, 0.15) is 169 Å². The molecule has 0 aromatic rings. The molecule has 0 aliphatic rings. The van der Waals surface area contributed by atoms with Crippen molar-refractivity contribution in [3.63, 3.8) is 0 Å². The summed E-state index contributed by atoms with van der Waals surface area (Å²) in [6.07, 6.45) is 23.0. The first-order valence-electron chi connectivity index (χ1n) is 16.3. The Kier molecular flexibility index (Phi) is 25.5. The SMILES string of the molecule is C=C(C)C(=O)OC(C)NC(=O)OC(F)C(CCCCCCC)CCCCCCCCCCCCCCCCC. The standard InChI is InChI=1S/C33H62FNO4/c1-6-8-10-12-13-14-15-16-17-18-19-20-21-23-25-27-30(26-24-22-11-9-7-2)31(34)39-33(37)35-29(5)38-32(36)28(3)4/h29-31H,3,6-27H2,1-2,4-5H3,(H,35,37). The zero-order valence-corrected chi connectivity index (χ0v) is 26.0. The molecule has 0 aromatic carbocycles. The molecular formula is C33H62FNO4. The number of carbonyl (C=O) groups is 2. The van der Waals surface area contributed by atoms with Crippen molar-refractivity contribution in [2.75, 3.05) is 0 Å². The van der Waals surface area contributed by atoms with Crippen LogP contribution in [0.3, 0.4) is 0 Å². The van der Waals surface area contributed by atoms with Gasteiger partial charge in [-0.2, -0.15) is 0 Å². The molecule has 6 heteroatoms. The maximum Gasteiger partial charge on any atom is 0.412 e. The average Bonchev–Trinajstić information content (AvgIpc) is 2.89. The summed E-state index contributed by atoms with van der Waals surface area (Å²) in [5, 5.41) is 2.37. The lowest BCUT2D eigenvalue weighted by Crippen LogP contribution is -2.39. The summed E-state index contributed by atoms with van der Waals surface area (Å²) in [5.41, 5.74) is 0.229. The summed E-state index contributed by atoms with van der Waals surface area (Å²) < 4.78 is 25.1. The third kappa shape index (κ3) is 24.0. The summed E-state index contributed by atoms with van der Waals surface area (Å²) in [4.78, 5) is 23.8. The van der Waals surface area contributed by atoms with E-state index < -0.39 is 24.6 Å². The van der Waals surface area contributed by atoms with Gasteiger partial charge in [0, 0.05) is 11.5 Å². The van der Waals surface area contributed by atoms with E-state index in [1.807, 2.05) is 0 Å². The monoisotopic (exact) mass is 555 g/mol. The Labute approximate surface area is 240 Å². The lowest BCUT2D eigenvalue weighted by Gasteiger charge is -2.22. The maximum absolute atomic E-state index is 15.0. The van der Waals surface area contributed by atoms with Gasteiger partial charge in [0.05, 0.1) is 0 Å². The second-order valence-electron chi connectivity index (χ2n) is 11.4. The molecule has 5 nitrogen and oxygen atoms in total. The van der Waals surface area contributed by atoms with Crippen LogP contribution in [0.4, 0.5) is 9.18 Å². The molecular weight excluding hydrogens is 493 g/mol. The van der Waals surface area contributed by atoms with Gasteiger partial charge in [0.15, 0.2) is 6.23 Å². The van der Waals surface area contributed by atoms with Gasteiger partial charge >= 0.3 is 12.1 Å². The Hall–Kier alpha value is -1.59. The molecule has 1 N–H and O–H groups in total. The number of unbranched alkanes of at least 4 members (excludes halogenated alkanes) is 18. The number of halogens is 1. The topological polar surface area (TPSA) is 64.6 Å². The molecule has 0 aliphatic heterocycles. The molecule has 0 heterocycles. The van der Waals surface area contributed by atoms with Gasteiger partial charge in [0.2, 0.25) is 6.36 Å². The van der Waals surface area contributed by atoms with Crippen molar-refractivity contribution in [1.29, 1.82) is 0 Å². The molecule has 3 unspecified atom stereocenters. The van der Waals surface area contributed by atoms with Gasteiger partial charge < -0.3 is 9.47 Å². The van der Waals surface area contributed by atoms with Gasteiger partial charge in [-0.05, 0) is 26.7 Å². The Morgan fingerprint density at radius 1 is 0.667 bits per heavy atom. The summed E-state index contributed by atoms with van der Waals surface area (Å²) in [6.45, 7) is 11.0. The molecule has 0 radical (unpaired) electrons. The van der Waals surface area contributed by atoms with Gasteiger partial charge in [0.1, 0.15) is 0 Å². The molecule has 0 rings (SSSR count). The lowest BCUT2D eigenvalue weighted by molar-refractivity contribution is -0.144. The van der Waals surface area contributed by atoms with Crippen molar-refractivity contribution in [3.05, 3.63) is 12.2 Å². The van der Waals surface area contributed by atoms with Crippen LogP contribution in [0.2, 0.25) is 0 Å². The highest BCUT2D eigenvalue weighted by Crippen LogP contribution is 2.25. The van der Waals surface area contributed by atoms with Crippen molar-refractivity contribution >= 4 is 12.1 Å². The Bertz CT molecular complexity index is 613. The van der Waals surface area contributed by atoms with Crippen molar-refractivity contribution in [1.82, 2.24) is 5.32 Å². The molecule has 0 saturated carbocycles. The summed E-state index contributed by atoms with van der Waals surface area (Å²) in [7, 11) is 0. The van der Waals surface area contributed by atoms with E-state index >= 15 is 4.39 Å². The molecule has 230 valence electrons. The number of rotatable bonds is 27. The molecule has 39 heavy (non-hydrogen) atoms. The fourth-order valence-corrected chi connectivity index (χ4v) is 4.88. The van der Waals surface area contributed by atoms with Gasteiger partial charge in [0.25, 0.3) is 0 Å². The van der Waals surface area contributed by atoms with Gasteiger partial charge in [-0.15, -0.1) is 0 Å². The normalized spacial score (nSPS) is 13.5. The second kappa shape index (κ2) is 26.6. The smallest absolute Gasteiger partial charge is 0.412 e. The quantitative estimate of drug-likeness (QED) is 0.0474. The van der Waals surface area contributed by atoms with E-state index in [1.54, 1.807) is 0 Å². The van der Waals surface area contributed by atoms with Crippen molar-refractivity contribution in [2.24, 2.45) is 5.92 Å². The highest BCUT2D eigenvalue weighted by Gasteiger charge is 2.25. The molecule has 0 bridgehead atoms. The number of carbonyl (C=O) groups excluding carboxylic acids is 2. The van der Waals surface area contributed by atoms with E-state index in [9.17, 15) is 9.59 Å². The zero-order chi connectivity index (χ0) is 29.1. The van der Waals surface area contributed by atoms with E-state index in [0.717, 1.165) is 44.9 Å². The summed E-state index contributed by atoms with van der Waals surface area (Å²) >= 11 is 0. The van der Waals surface area contributed by atoms with E-state index in [0.29, 0.717) is 0 Å². The van der Waals surface area contributed by atoms with Crippen LogP contribution in [0.5, 0.6) is 0 Å². The Morgan fingerprint density at radius 3 is 1.38 bits per heavy atom. The fraction of sp³-hybridized carbons (Fsp3) is 0.879. The Morgan fingerprint density at radius 2 is 1.03 bits per heavy atom. The highest BCUT2D eigenvalue weighted by atomic mass is 19.1. The largest absolute Gasteiger partial charge is 0.439 e. The van der Waals surface area contributed by atoms with Crippen LogP contribution in [0, 0.1) is 5.92 Å². The number of hydrogen-bond acceptors (Lipinski definition) is 4. The predicted octanol–water partition coefficient (Wildman–Crippen LogP) is 10.7. The van der Waals surface area contributed by atoms with Gasteiger partial charge in [-0.1, -0.05) is 149 Å². The van der Waals surface area contributed by atoms with Gasteiger partial charge in [-0.25, -0.2) is 14.0 Å². The zero-order valence-electron chi connectivity index (χ0n) is 26.0. The number of nitrogens with one attached hydrogen (secondary N) is 1. The van der Waals surface area contributed by atoms with Crippen LogP contribution in [-0.4, -0.2) is 24.6 Å². The van der Waals surface area contributed by atoms with E-state index in [4.69, 9.17) is 9.47 Å². The minimum atomic E-state index is -1.66. The third-order valence-corrected chi connectivity index (χ3v) is 7.40. The van der Waals surface area contributed by atoms with E-state index in [1.165, 1.54) is 110 Å². The van der Waals surface area contributed by atoms with Crippen molar-refractivity contribution < 1.29 is 23.5 Å². The van der Waals surface area contributed by atoms with Crippen LogP contribution in [0.25, 0.3) is 0 Å². The van der Waals surface area contributed by atoms with Crippen LogP contribution >= 0.6 is 0 Å². The molecule has 0 aromatic heterocycles. The lowest BCUT2D eigenvalue weighted by atomic mass is 9.94. The number of ether oxygens (including phenoxy) is 2. The molecule has 0 spiro atoms. The number of esters is 1. The van der Waals surface area contributed by atoms with Gasteiger partial charge in [-0.3, -0.25) is 5.32 Å². The first-order valence-corrected chi connectivity index (χ1v) is 16.3. The molecule has 0 aliphatic carbocycles. The average molecular weight is 556 g/mol. The van der Waals surface area contributed by atoms with E-state index in [-0.39, 0.29) is 11.5 Å². The van der Waals surface area contributed by atoms with Crippen molar-refractivity contribution in [3.8, 4) is 0 Å². The van der Waals surface area contributed by atoms with Crippen molar-refractivity contribution in [2.45, 2.75) is 182 Å². The summed E-state index contributed by atoms with van der Waals surface area (Å²) in [5.74, 6) is -0.912. The number of alkyl carbamates (subject to hydrolysis) is 1. The molecule has 0 saturated heterocycles. The predicted molar refractivity (Wildman–Crippen MR) is 161 cm³/mol. The minimum absolute atomic E-state index is 0.229. The highest BCUT2D eigenvalue weighted by molar-refractivity contribution is 5.87. The van der Waals surface area contributed by atoms with Crippen LogP contribution in [0.15, 0.2) is 12.2 Å².